The monoisotopic (exact) mass is 372 g/mol. The largest absolute Gasteiger partial charge is 0.494 e. The standard InChI is InChI=1S/C19H20N2O2S2/c1-3-4-11-23-15-8-5-13(6-9-15)18(22)20-14-7-10-16-17(12-14)25-19(21-16)24-2/h5-10,12H,3-4,11H2,1-2H3,(H,20,22). The topological polar surface area (TPSA) is 51.2 Å². The number of thiazole rings is 1. The molecule has 0 aliphatic rings. The van der Waals surface area contributed by atoms with Gasteiger partial charge in [-0.15, -0.1) is 11.3 Å². The van der Waals surface area contributed by atoms with Crippen molar-refractivity contribution >= 4 is 44.9 Å². The van der Waals surface area contributed by atoms with Gasteiger partial charge in [-0.1, -0.05) is 25.1 Å². The summed E-state index contributed by atoms with van der Waals surface area (Å²) in [6.45, 7) is 2.83. The van der Waals surface area contributed by atoms with E-state index in [1.807, 2.05) is 36.6 Å². The van der Waals surface area contributed by atoms with E-state index in [2.05, 4.69) is 17.2 Å². The number of ether oxygens (including phenoxy) is 1. The van der Waals surface area contributed by atoms with Crippen LogP contribution in [0.2, 0.25) is 0 Å². The minimum atomic E-state index is -0.130. The first-order chi connectivity index (χ1) is 12.2. The van der Waals surface area contributed by atoms with Crippen LogP contribution in [0.5, 0.6) is 5.75 Å². The summed E-state index contributed by atoms with van der Waals surface area (Å²) in [5.74, 6) is 0.662. The maximum atomic E-state index is 12.4. The van der Waals surface area contributed by atoms with Gasteiger partial charge in [-0.05, 0) is 55.1 Å². The van der Waals surface area contributed by atoms with Crippen molar-refractivity contribution in [2.24, 2.45) is 0 Å². The number of hydrogen-bond acceptors (Lipinski definition) is 5. The van der Waals surface area contributed by atoms with Crippen molar-refractivity contribution in [2.45, 2.75) is 24.1 Å². The van der Waals surface area contributed by atoms with E-state index in [0.29, 0.717) is 12.2 Å². The number of nitrogens with one attached hydrogen (secondary N) is 1. The van der Waals surface area contributed by atoms with E-state index in [1.165, 1.54) is 0 Å². The second-order valence-corrected chi connectivity index (χ2v) is 7.63. The Labute approximate surface area is 155 Å². The van der Waals surface area contributed by atoms with Crippen molar-refractivity contribution in [3.8, 4) is 5.75 Å². The van der Waals surface area contributed by atoms with Gasteiger partial charge in [0.05, 0.1) is 16.8 Å². The Balaban J connectivity index is 1.67. The Morgan fingerprint density at radius 1 is 1.24 bits per heavy atom. The minimum Gasteiger partial charge on any atom is -0.494 e. The van der Waals surface area contributed by atoms with Crippen LogP contribution in [0.15, 0.2) is 46.8 Å². The zero-order valence-corrected chi connectivity index (χ0v) is 15.9. The number of anilines is 1. The number of benzene rings is 2. The SMILES string of the molecule is CCCCOc1ccc(C(=O)Nc2ccc3nc(SC)sc3c2)cc1. The third-order valence-electron chi connectivity index (χ3n) is 3.68. The second kappa shape index (κ2) is 8.36. The maximum absolute atomic E-state index is 12.4. The Bertz CT molecular complexity index is 859. The van der Waals surface area contributed by atoms with Gasteiger partial charge in [0.15, 0.2) is 4.34 Å². The smallest absolute Gasteiger partial charge is 0.255 e. The molecule has 0 bridgehead atoms. The molecule has 4 nitrogen and oxygen atoms in total. The van der Waals surface area contributed by atoms with E-state index in [1.54, 1.807) is 35.2 Å². The molecule has 0 fully saturated rings. The maximum Gasteiger partial charge on any atom is 0.255 e. The lowest BCUT2D eigenvalue weighted by Crippen LogP contribution is -2.11. The van der Waals surface area contributed by atoms with Crippen LogP contribution in [0.1, 0.15) is 30.1 Å². The molecule has 3 aromatic rings. The molecule has 0 unspecified atom stereocenters. The molecule has 130 valence electrons. The first-order valence-corrected chi connectivity index (χ1v) is 10.2. The zero-order chi connectivity index (χ0) is 17.6. The summed E-state index contributed by atoms with van der Waals surface area (Å²) < 4.78 is 7.72. The summed E-state index contributed by atoms with van der Waals surface area (Å²) in [7, 11) is 0. The summed E-state index contributed by atoms with van der Waals surface area (Å²) in [5.41, 5.74) is 2.34. The fourth-order valence-corrected chi connectivity index (χ4v) is 3.84. The van der Waals surface area contributed by atoms with Crippen LogP contribution in [-0.4, -0.2) is 23.8 Å². The van der Waals surface area contributed by atoms with E-state index < -0.39 is 0 Å². The van der Waals surface area contributed by atoms with E-state index in [-0.39, 0.29) is 5.91 Å². The van der Waals surface area contributed by atoms with Gasteiger partial charge < -0.3 is 10.1 Å². The number of aromatic nitrogens is 1. The van der Waals surface area contributed by atoms with E-state index in [4.69, 9.17) is 4.74 Å². The predicted molar refractivity (Wildman–Crippen MR) is 106 cm³/mol. The van der Waals surface area contributed by atoms with Crippen LogP contribution in [0.4, 0.5) is 5.69 Å². The lowest BCUT2D eigenvalue weighted by Gasteiger charge is -2.07. The fraction of sp³-hybridized carbons (Fsp3) is 0.263. The highest BCUT2D eigenvalue weighted by Crippen LogP contribution is 2.30. The highest BCUT2D eigenvalue weighted by molar-refractivity contribution is 8.00. The molecule has 1 aromatic heterocycles. The number of fused-ring (bicyclic) bond motifs is 1. The van der Waals surface area contributed by atoms with Crippen LogP contribution in [-0.2, 0) is 0 Å². The normalized spacial score (nSPS) is 10.8. The van der Waals surface area contributed by atoms with Gasteiger partial charge in [0, 0.05) is 11.3 Å². The summed E-state index contributed by atoms with van der Waals surface area (Å²) in [4.78, 5) is 16.9. The molecule has 6 heteroatoms. The molecule has 0 atom stereocenters. The van der Waals surface area contributed by atoms with Crippen LogP contribution in [0, 0.1) is 0 Å². The van der Waals surface area contributed by atoms with Gasteiger partial charge in [0.2, 0.25) is 0 Å². The Hall–Kier alpha value is -2.05. The van der Waals surface area contributed by atoms with Crippen molar-refractivity contribution in [3.63, 3.8) is 0 Å². The summed E-state index contributed by atoms with van der Waals surface area (Å²) in [6.07, 6.45) is 4.14. The molecule has 1 amide bonds. The van der Waals surface area contributed by atoms with Crippen molar-refractivity contribution in [2.75, 3.05) is 18.2 Å². The number of unbranched alkanes of at least 4 members (excludes halogenated alkanes) is 1. The van der Waals surface area contributed by atoms with Crippen molar-refractivity contribution in [1.82, 2.24) is 4.98 Å². The lowest BCUT2D eigenvalue weighted by atomic mass is 10.2. The van der Waals surface area contributed by atoms with Gasteiger partial charge in [0.1, 0.15) is 5.75 Å². The third-order valence-corrected chi connectivity index (χ3v) is 5.69. The summed E-state index contributed by atoms with van der Waals surface area (Å²) in [5, 5.41) is 2.94. The molecule has 3 rings (SSSR count). The number of nitrogens with zero attached hydrogens (tertiary/aromatic N) is 1. The molecule has 0 aliphatic carbocycles. The molecule has 25 heavy (non-hydrogen) atoms. The van der Waals surface area contributed by atoms with Gasteiger partial charge >= 0.3 is 0 Å². The average Bonchev–Trinajstić information content (AvgIpc) is 3.05. The van der Waals surface area contributed by atoms with Crippen LogP contribution >= 0.6 is 23.1 Å². The van der Waals surface area contributed by atoms with E-state index in [9.17, 15) is 4.79 Å². The number of rotatable bonds is 7. The minimum absolute atomic E-state index is 0.130. The van der Waals surface area contributed by atoms with E-state index >= 15 is 0 Å². The first-order valence-electron chi connectivity index (χ1n) is 8.18. The number of hydrogen-bond donors (Lipinski definition) is 1. The van der Waals surface area contributed by atoms with Crippen molar-refractivity contribution in [1.29, 1.82) is 0 Å². The van der Waals surface area contributed by atoms with Crippen molar-refractivity contribution in [3.05, 3.63) is 48.0 Å². The van der Waals surface area contributed by atoms with Crippen LogP contribution < -0.4 is 10.1 Å². The average molecular weight is 373 g/mol. The van der Waals surface area contributed by atoms with Crippen LogP contribution in [0.25, 0.3) is 10.2 Å². The van der Waals surface area contributed by atoms with Crippen LogP contribution in [0.3, 0.4) is 0 Å². The second-order valence-electron chi connectivity index (χ2n) is 5.55. The van der Waals surface area contributed by atoms with Gasteiger partial charge in [-0.25, -0.2) is 4.98 Å². The lowest BCUT2D eigenvalue weighted by molar-refractivity contribution is 0.102. The van der Waals surface area contributed by atoms with E-state index in [0.717, 1.165) is 38.8 Å². The first kappa shape index (κ1) is 17.8. The molecule has 1 heterocycles. The molecular weight excluding hydrogens is 352 g/mol. The van der Waals surface area contributed by atoms with Crippen molar-refractivity contribution < 1.29 is 9.53 Å². The number of amides is 1. The number of carbonyl (C=O) groups is 1. The van der Waals surface area contributed by atoms with Gasteiger partial charge in [-0.3, -0.25) is 4.79 Å². The Morgan fingerprint density at radius 3 is 2.76 bits per heavy atom. The van der Waals surface area contributed by atoms with Gasteiger partial charge in [0.25, 0.3) is 5.91 Å². The molecule has 0 spiro atoms. The molecule has 0 saturated heterocycles. The zero-order valence-electron chi connectivity index (χ0n) is 14.2. The molecule has 0 radical (unpaired) electrons. The van der Waals surface area contributed by atoms with Gasteiger partial charge in [-0.2, -0.15) is 0 Å². The molecule has 2 aromatic carbocycles. The number of carbonyl (C=O) groups excluding carboxylic acids is 1. The summed E-state index contributed by atoms with van der Waals surface area (Å²) >= 11 is 3.26. The Morgan fingerprint density at radius 2 is 2.04 bits per heavy atom. The fourth-order valence-electron chi connectivity index (χ4n) is 2.31. The molecular formula is C19H20N2O2S2. The summed E-state index contributed by atoms with van der Waals surface area (Å²) in [6, 6.07) is 13.0. The quantitative estimate of drug-likeness (QED) is 0.443. The third kappa shape index (κ3) is 4.52. The molecule has 1 N–H and O–H groups in total. The molecule has 0 aliphatic heterocycles. The Kier molecular flexibility index (Phi) is 5.94. The highest BCUT2D eigenvalue weighted by Gasteiger charge is 2.09. The molecule has 0 saturated carbocycles. The predicted octanol–water partition coefficient (Wildman–Crippen LogP) is 5.45. The highest BCUT2D eigenvalue weighted by atomic mass is 32.2. The number of thioether (sulfide) groups is 1.